The molecule has 2 bridgehead atoms. The minimum absolute atomic E-state index is 0.0140. The van der Waals surface area contributed by atoms with E-state index in [0.29, 0.717) is 23.4 Å². The van der Waals surface area contributed by atoms with Crippen molar-refractivity contribution in [2.75, 3.05) is 32.2 Å². The lowest BCUT2D eigenvalue weighted by Gasteiger charge is -2.47. The Labute approximate surface area is 227 Å². The number of oxime groups is 1. The minimum Gasteiger partial charge on any atom is -0.545 e. The molecule has 12 nitrogen and oxygen atoms in total. The summed E-state index contributed by atoms with van der Waals surface area (Å²) in [4.78, 5) is 46.8. The number of nitrogens with zero attached hydrogens (tertiary/aromatic N) is 4. The highest BCUT2D eigenvalue weighted by atomic mass is 32.2. The number of aliphatic hydroxyl groups is 1. The fourth-order valence-corrected chi connectivity index (χ4v) is 8.27. The number of carbonyl (C=O) groups excluding carboxylic acids is 3. The van der Waals surface area contributed by atoms with Crippen LogP contribution in [0.25, 0.3) is 0 Å². The summed E-state index contributed by atoms with van der Waals surface area (Å²) in [5.41, 5.74) is 5.92. The molecule has 0 spiro atoms. The van der Waals surface area contributed by atoms with Crippen molar-refractivity contribution >= 4 is 51.8 Å². The molecule has 204 valence electrons. The van der Waals surface area contributed by atoms with Crippen molar-refractivity contribution < 1.29 is 33.9 Å². The van der Waals surface area contributed by atoms with Crippen molar-refractivity contribution in [3.05, 3.63) is 29.1 Å². The van der Waals surface area contributed by atoms with Crippen molar-refractivity contribution in [2.45, 2.75) is 55.2 Å². The highest BCUT2D eigenvalue weighted by Crippen LogP contribution is 2.46. The molecule has 2 saturated heterocycles. The Hall–Kier alpha value is -2.81. The van der Waals surface area contributed by atoms with Gasteiger partial charge in [0.2, 0.25) is 11.5 Å². The lowest BCUT2D eigenvalue weighted by molar-refractivity contribution is -0.944. The average Bonchev–Trinajstić information content (AvgIpc) is 3.35. The third-order valence-electron chi connectivity index (χ3n) is 8.32. The molecule has 0 aromatic carbocycles. The fraction of sp³-hybridized carbons (Fsp3) is 0.583. The molecule has 38 heavy (non-hydrogen) atoms. The second kappa shape index (κ2) is 10.4. The third kappa shape index (κ3) is 4.63. The first kappa shape index (κ1) is 26.8. The number of nitrogens with two attached hydrogens (primary N) is 1. The summed E-state index contributed by atoms with van der Waals surface area (Å²) in [7, 11) is 3.47. The van der Waals surface area contributed by atoms with Gasteiger partial charge >= 0.3 is 0 Å². The van der Waals surface area contributed by atoms with E-state index in [9.17, 15) is 24.6 Å². The average molecular weight is 563 g/mol. The predicted octanol–water partition coefficient (Wildman–Crippen LogP) is -0.995. The molecule has 0 radical (unpaired) electrons. The Morgan fingerprint density at radius 1 is 1.34 bits per heavy atom. The fourth-order valence-electron chi connectivity index (χ4n) is 6.35. The number of rotatable bonds is 8. The largest absolute Gasteiger partial charge is 0.545 e. The van der Waals surface area contributed by atoms with Crippen LogP contribution in [0, 0.1) is 5.92 Å². The number of fused-ring (bicyclic) bond motifs is 3. The molecule has 3 fully saturated rings. The number of aromatic nitrogens is 2. The molecule has 1 saturated carbocycles. The number of nitrogen functional groups attached to an aromatic ring is 1. The summed E-state index contributed by atoms with van der Waals surface area (Å²) in [5.74, 6) is -3.01. The Bertz CT molecular complexity index is 1230. The Kier molecular flexibility index (Phi) is 7.33. The standard InChI is InChI=1S/C24H30N6O6S2/c1-30(12-5-6-13(30)9-14(31)8-12)7-3-4-11-10-37-20-16(15(11)23(34)35)19(32)17(20)26-22(33)18(28-36-2)21-27-24(25)38-29-21/h3-4,12-14,16-17,20,31H,5-10H2,1-2H3,(H3-,25,26,27,29,33,34,35)/b4-3+,28-18-/t12-,13+,14?,16?,17-,20+,30?/m1/s1. The van der Waals surface area contributed by atoms with Crippen LogP contribution in [0.1, 0.15) is 31.5 Å². The van der Waals surface area contributed by atoms with E-state index >= 15 is 0 Å². The van der Waals surface area contributed by atoms with Crippen LogP contribution >= 0.6 is 23.3 Å². The number of piperidine rings is 1. The van der Waals surface area contributed by atoms with E-state index < -0.39 is 34.9 Å². The maximum atomic E-state index is 13.1. The van der Waals surface area contributed by atoms with Gasteiger partial charge in [0.15, 0.2) is 10.9 Å². The number of aliphatic carboxylic acids is 1. The van der Waals surface area contributed by atoms with Gasteiger partial charge in [-0.1, -0.05) is 11.2 Å². The normalized spacial score (nSPS) is 34.7. The number of hydrogen-bond acceptors (Lipinski definition) is 12. The highest BCUT2D eigenvalue weighted by Gasteiger charge is 2.55. The van der Waals surface area contributed by atoms with Gasteiger partial charge in [-0.3, -0.25) is 9.59 Å². The number of amides is 1. The molecule has 14 heteroatoms. The smallest absolute Gasteiger partial charge is 0.277 e. The molecule has 3 aliphatic heterocycles. The summed E-state index contributed by atoms with van der Waals surface area (Å²) in [5, 5.41) is 28.3. The van der Waals surface area contributed by atoms with E-state index in [1.165, 1.54) is 18.9 Å². The maximum absolute atomic E-state index is 13.1. The van der Waals surface area contributed by atoms with Gasteiger partial charge in [-0.05, 0) is 17.2 Å². The number of ketones is 1. The van der Waals surface area contributed by atoms with Gasteiger partial charge in [-0.25, -0.2) is 0 Å². The number of carbonyl (C=O) groups is 3. The summed E-state index contributed by atoms with van der Waals surface area (Å²) < 4.78 is 4.81. The molecular weight excluding hydrogens is 532 g/mol. The van der Waals surface area contributed by atoms with E-state index in [-0.39, 0.29) is 28.3 Å². The highest BCUT2D eigenvalue weighted by molar-refractivity contribution is 8.00. The topological polar surface area (TPSA) is 180 Å². The SMILES string of the molecule is CO/N=C(\C(=O)N[C@@H]1C(=O)C2C(C(=O)[O-])=C(/C=C/C[N+]3(C)[C@@H]4CC[C@H]3CC(O)C4)CS[C@@H]21)c1nsc(N)n1. The van der Waals surface area contributed by atoms with Gasteiger partial charge in [0.05, 0.1) is 43.7 Å². The van der Waals surface area contributed by atoms with E-state index in [4.69, 9.17) is 10.6 Å². The molecule has 1 amide bonds. The number of aliphatic hydroxyl groups excluding tert-OH is 1. The van der Waals surface area contributed by atoms with Crippen molar-refractivity contribution in [1.82, 2.24) is 14.7 Å². The minimum atomic E-state index is -1.37. The number of hydrogen-bond donors (Lipinski definition) is 3. The van der Waals surface area contributed by atoms with Crippen LogP contribution < -0.4 is 16.2 Å². The molecule has 5 rings (SSSR count). The van der Waals surface area contributed by atoms with E-state index in [1.54, 1.807) is 0 Å². The zero-order valence-corrected chi connectivity index (χ0v) is 22.7. The molecule has 4 N–H and O–H groups in total. The summed E-state index contributed by atoms with van der Waals surface area (Å²) >= 11 is 2.31. The van der Waals surface area contributed by atoms with Gasteiger partial charge in [0.1, 0.15) is 13.2 Å². The first-order chi connectivity index (χ1) is 18.1. The van der Waals surface area contributed by atoms with Crippen LogP contribution in [0.2, 0.25) is 0 Å². The zero-order valence-electron chi connectivity index (χ0n) is 21.0. The number of anilines is 1. The van der Waals surface area contributed by atoms with Crippen LogP contribution in [0.4, 0.5) is 5.13 Å². The lowest BCUT2D eigenvalue weighted by atomic mass is 9.71. The second-order valence-electron chi connectivity index (χ2n) is 10.4. The van der Waals surface area contributed by atoms with Crippen molar-refractivity contribution in [3.8, 4) is 0 Å². The molecule has 1 aliphatic carbocycles. The number of carboxylic acid groups (broad SMARTS) is 1. The number of quaternary nitrogens is 1. The number of carboxylic acids is 1. The number of likely N-dealkylation sites (N-methyl/N-ethyl adjacent to an activating group) is 1. The van der Waals surface area contributed by atoms with Crippen LogP contribution in [-0.4, -0.2) is 98.3 Å². The molecule has 3 unspecified atom stereocenters. The van der Waals surface area contributed by atoms with Gasteiger partial charge < -0.3 is 35.4 Å². The van der Waals surface area contributed by atoms with E-state index in [2.05, 4.69) is 26.9 Å². The first-order valence-corrected chi connectivity index (χ1v) is 14.3. The molecule has 4 aliphatic rings. The number of allylic oxidation sites excluding steroid dienone is 1. The summed E-state index contributed by atoms with van der Waals surface area (Å²) in [6.07, 6.45) is 7.31. The van der Waals surface area contributed by atoms with E-state index in [0.717, 1.165) is 48.2 Å². The van der Waals surface area contributed by atoms with Crippen LogP contribution in [0.3, 0.4) is 0 Å². The zero-order chi connectivity index (χ0) is 27.2. The molecular formula is C24H30N6O6S2. The number of thioether (sulfide) groups is 1. The number of Topliss-reactive ketones (excluding diaryl/α,β-unsaturated/α-hetero) is 1. The Morgan fingerprint density at radius 3 is 2.66 bits per heavy atom. The lowest BCUT2D eigenvalue weighted by Crippen LogP contribution is -2.66. The van der Waals surface area contributed by atoms with Gasteiger partial charge in [-0.15, -0.1) is 0 Å². The van der Waals surface area contributed by atoms with Crippen LogP contribution in [-0.2, 0) is 19.2 Å². The van der Waals surface area contributed by atoms with Crippen molar-refractivity contribution in [2.24, 2.45) is 11.1 Å². The molecule has 4 heterocycles. The summed E-state index contributed by atoms with van der Waals surface area (Å²) in [6.45, 7) is 0.730. The first-order valence-electron chi connectivity index (χ1n) is 12.4. The van der Waals surface area contributed by atoms with Crippen molar-refractivity contribution in [1.29, 1.82) is 0 Å². The van der Waals surface area contributed by atoms with Gasteiger partial charge in [0, 0.05) is 48.2 Å². The quantitative estimate of drug-likeness (QED) is 0.202. The van der Waals surface area contributed by atoms with Crippen LogP contribution in [0.5, 0.6) is 0 Å². The van der Waals surface area contributed by atoms with Crippen molar-refractivity contribution in [3.63, 3.8) is 0 Å². The number of nitrogens with one attached hydrogen (secondary N) is 1. The predicted molar refractivity (Wildman–Crippen MR) is 139 cm³/mol. The van der Waals surface area contributed by atoms with Gasteiger partial charge in [0.25, 0.3) is 5.91 Å². The van der Waals surface area contributed by atoms with Crippen LogP contribution in [0.15, 0.2) is 28.5 Å². The molecule has 1 aromatic heterocycles. The maximum Gasteiger partial charge on any atom is 0.277 e. The molecule has 7 atom stereocenters. The van der Waals surface area contributed by atoms with Gasteiger partial charge in [-0.2, -0.15) is 21.1 Å². The third-order valence-corrected chi connectivity index (χ3v) is 10.3. The van der Waals surface area contributed by atoms with E-state index in [1.807, 2.05) is 12.2 Å². The Balaban J connectivity index is 1.29. The summed E-state index contributed by atoms with van der Waals surface area (Å²) in [6, 6.07) is -0.100. The monoisotopic (exact) mass is 562 g/mol. The molecule has 1 aromatic rings. The second-order valence-corrected chi connectivity index (χ2v) is 12.3. The Morgan fingerprint density at radius 2 is 2.05 bits per heavy atom.